The van der Waals surface area contributed by atoms with E-state index < -0.39 is 17.6 Å². The second-order valence-corrected chi connectivity index (χ2v) is 13.3. The van der Waals surface area contributed by atoms with Crippen LogP contribution in [0.25, 0.3) is 10.2 Å². The quantitative estimate of drug-likeness (QED) is 0.160. The molecule has 0 bridgehead atoms. The van der Waals surface area contributed by atoms with Crippen LogP contribution in [-0.2, 0) is 10.5 Å². The van der Waals surface area contributed by atoms with Crippen molar-refractivity contribution in [2.45, 2.75) is 17.6 Å². The van der Waals surface area contributed by atoms with Crippen molar-refractivity contribution in [1.29, 1.82) is 5.26 Å². The number of thiazole rings is 1. The van der Waals surface area contributed by atoms with Gasteiger partial charge in [-0.25, -0.2) is 4.98 Å². The first kappa shape index (κ1) is 29.4. The number of nitrogens with zero attached hydrogens (tertiary/aromatic N) is 2. The molecule has 10 heteroatoms. The van der Waals surface area contributed by atoms with Crippen molar-refractivity contribution in [3.8, 4) is 6.07 Å². The number of allylic oxidation sites excluding steroid dienone is 1. The summed E-state index contributed by atoms with van der Waals surface area (Å²) in [6.45, 7) is 0. The number of thioether (sulfide) groups is 1. The van der Waals surface area contributed by atoms with Gasteiger partial charge in [0.25, 0.3) is 0 Å². The lowest BCUT2D eigenvalue weighted by atomic mass is 9.71. The number of hydrogen-bond donors (Lipinski definition) is 3. The lowest BCUT2D eigenvalue weighted by Crippen LogP contribution is -2.52. The number of aliphatic hydroxyl groups is 1. The fourth-order valence-corrected chi connectivity index (χ4v) is 7.91. The maximum Gasteiger partial charge on any atom is 0.234 e. The highest BCUT2D eigenvalue weighted by atomic mass is 79.9. The van der Waals surface area contributed by atoms with E-state index in [4.69, 9.17) is 16.6 Å². The monoisotopic (exact) mass is 686 g/mol. The molecule has 1 amide bonds. The molecule has 4 aromatic carbocycles. The number of carbonyl (C=O) groups is 1. The van der Waals surface area contributed by atoms with Gasteiger partial charge in [-0.05, 0) is 48.0 Å². The third kappa shape index (κ3) is 5.94. The highest BCUT2D eigenvalue weighted by molar-refractivity contribution is 9.10. The Hall–Kier alpha value is -3.65. The van der Waals surface area contributed by atoms with Crippen LogP contribution in [-0.4, -0.2) is 21.8 Å². The van der Waals surface area contributed by atoms with Crippen molar-refractivity contribution in [3.63, 3.8) is 0 Å². The minimum absolute atomic E-state index is 0.00942. The van der Waals surface area contributed by atoms with Crippen molar-refractivity contribution >= 4 is 72.4 Å². The predicted molar refractivity (Wildman–Crippen MR) is 178 cm³/mol. The molecule has 6 rings (SSSR count). The molecule has 43 heavy (non-hydrogen) atoms. The number of hydrogen-bond acceptors (Lipinski definition) is 7. The van der Waals surface area contributed by atoms with E-state index in [0.717, 1.165) is 14.7 Å². The summed E-state index contributed by atoms with van der Waals surface area (Å²) in [4.78, 5) is 17.9. The Balaban J connectivity index is 1.48. The summed E-state index contributed by atoms with van der Waals surface area (Å²) < 4.78 is 1.88. The number of halogens is 2. The van der Waals surface area contributed by atoms with Crippen LogP contribution in [0.1, 0.15) is 28.0 Å². The molecule has 0 spiro atoms. The number of fused-ring (bicyclic) bond motifs is 1. The standard InChI is InChI=1S/C33H24BrClN4O2S2/c34-21-14-16-22(17-15-21)37-28(40)19-42-31-24(18-36)29(23-10-4-5-11-25(23)35)30(32-38-26-12-6-7-13-27(26)43-32)33(41,39-31)20-8-2-1-3-9-20/h1-17,29-30,39,41H,19H2,(H,37,40). The number of rotatable bonds is 7. The van der Waals surface area contributed by atoms with Crippen LogP contribution in [0.4, 0.5) is 5.69 Å². The number of benzene rings is 4. The third-order valence-electron chi connectivity index (χ3n) is 7.27. The average molecular weight is 688 g/mol. The minimum Gasteiger partial charge on any atom is -0.366 e. The number of nitriles is 1. The van der Waals surface area contributed by atoms with Gasteiger partial charge in [-0.3, -0.25) is 4.79 Å². The first-order valence-corrected chi connectivity index (χ1v) is 16.3. The molecule has 1 aliphatic rings. The van der Waals surface area contributed by atoms with Gasteiger partial charge in [0.15, 0.2) is 5.72 Å². The van der Waals surface area contributed by atoms with E-state index in [-0.39, 0.29) is 11.7 Å². The fraction of sp³-hybridized carbons (Fsp3) is 0.121. The van der Waals surface area contributed by atoms with E-state index in [0.29, 0.717) is 37.4 Å². The van der Waals surface area contributed by atoms with Crippen LogP contribution in [0.5, 0.6) is 0 Å². The summed E-state index contributed by atoms with van der Waals surface area (Å²) in [5, 5.41) is 31.1. The van der Waals surface area contributed by atoms with Gasteiger partial charge in [-0.15, -0.1) is 11.3 Å². The zero-order valence-electron chi connectivity index (χ0n) is 22.5. The maximum atomic E-state index is 13.0. The van der Waals surface area contributed by atoms with E-state index in [1.165, 1.54) is 23.1 Å². The van der Waals surface area contributed by atoms with Gasteiger partial charge in [0, 0.05) is 26.7 Å². The van der Waals surface area contributed by atoms with Crippen molar-refractivity contribution in [3.05, 3.63) is 139 Å². The summed E-state index contributed by atoms with van der Waals surface area (Å²) >= 11 is 12.9. The molecule has 3 N–H and O–H groups in total. The number of anilines is 1. The Bertz CT molecular complexity index is 1840. The topological polar surface area (TPSA) is 98.0 Å². The molecule has 0 saturated heterocycles. The summed E-state index contributed by atoms with van der Waals surface area (Å²) in [6, 6.07) is 34.1. The number of carbonyl (C=O) groups excluding carboxylic acids is 1. The molecule has 214 valence electrons. The van der Waals surface area contributed by atoms with E-state index in [1.807, 2.05) is 84.9 Å². The molecular weight excluding hydrogens is 664 g/mol. The van der Waals surface area contributed by atoms with Crippen LogP contribution in [0.3, 0.4) is 0 Å². The van der Waals surface area contributed by atoms with Crippen molar-refractivity contribution in [2.75, 3.05) is 11.1 Å². The maximum absolute atomic E-state index is 13.0. The van der Waals surface area contributed by atoms with Gasteiger partial charge in [-0.1, -0.05) is 100.0 Å². The predicted octanol–water partition coefficient (Wildman–Crippen LogP) is 8.14. The Kier molecular flexibility index (Phi) is 8.57. The van der Waals surface area contributed by atoms with Crippen LogP contribution in [0.2, 0.25) is 5.02 Å². The van der Waals surface area contributed by atoms with Crippen LogP contribution in [0.15, 0.2) is 118 Å². The highest BCUT2D eigenvalue weighted by Crippen LogP contribution is 2.55. The Morgan fingerprint density at radius 2 is 1.74 bits per heavy atom. The first-order chi connectivity index (χ1) is 20.9. The second kappa shape index (κ2) is 12.5. The summed E-state index contributed by atoms with van der Waals surface area (Å²) in [5.41, 5.74) is 1.45. The molecule has 1 aromatic heterocycles. The average Bonchev–Trinajstić information content (AvgIpc) is 3.45. The lowest BCUT2D eigenvalue weighted by Gasteiger charge is -2.46. The SMILES string of the molecule is N#CC1=C(SCC(=O)Nc2ccc(Br)cc2)NC(O)(c2ccccc2)C(c2nc3ccccc3s2)C1c1ccccc1Cl. The zero-order valence-corrected chi connectivity index (χ0v) is 26.5. The van der Waals surface area contributed by atoms with Crippen molar-refractivity contribution < 1.29 is 9.90 Å². The molecule has 2 heterocycles. The molecule has 0 aliphatic carbocycles. The lowest BCUT2D eigenvalue weighted by molar-refractivity contribution is -0.113. The first-order valence-electron chi connectivity index (χ1n) is 13.4. The zero-order chi connectivity index (χ0) is 30.0. The molecule has 0 radical (unpaired) electrons. The van der Waals surface area contributed by atoms with Gasteiger partial charge >= 0.3 is 0 Å². The van der Waals surface area contributed by atoms with E-state index >= 15 is 0 Å². The van der Waals surface area contributed by atoms with E-state index in [1.54, 1.807) is 18.2 Å². The molecule has 1 aliphatic heterocycles. The summed E-state index contributed by atoms with van der Waals surface area (Å²) in [7, 11) is 0. The summed E-state index contributed by atoms with van der Waals surface area (Å²) in [5.74, 6) is -1.62. The third-order valence-corrected chi connectivity index (χ3v) is 10.3. The van der Waals surface area contributed by atoms with Crippen molar-refractivity contribution in [1.82, 2.24) is 10.3 Å². The molecule has 0 saturated carbocycles. The molecule has 3 atom stereocenters. The molecule has 3 unspecified atom stereocenters. The number of amides is 1. The minimum atomic E-state index is -1.69. The van der Waals surface area contributed by atoms with Crippen LogP contribution >= 0.6 is 50.6 Å². The van der Waals surface area contributed by atoms with Gasteiger partial charge < -0.3 is 15.7 Å². The second-order valence-electron chi connectivity index (χ2n) is 9.95. The van der Waals surface area contributed by atoms with Crippen molar-refractivity contribution in [2.24, 2.45) is 0 Å². The Morgan fingerprint density at radius 3 is 2.47 bits per heavy atom. The fourth-order valence-electron chi connectivity index (χ4n) is 5.32. The van der Waals surface area contributed by atoms with Gasteiger partial charge in [0.05, 0.1) is 38.6 Å². The Labute approximate surface area is 270 Å². The molecule has 5 aromatic rings. The highest BCUT2D eigenvalue weighted by Gasteiger charge is 2.52. The number of para-hydroxylation sites is 1. The van der Waals surface area contributed by atoms with Crippen LogP contribution < -0.4 is 10.6 Å². The van der Waals surface area contributed by atoms with E-state index in [9.17, 15) is 15.2 Å². The van der Waals surface area contributed by atoms with Gasteiger partial charge in [0.1, 0.15) is 5.01 Å². The molecule has 6 nitrogen and oxygen atoms in total. The van der Waals surface area contributed by atoms with Gasteiger partial charge in [-0.2, -0.15) is 5.26 Å². The molecule has 0 fully saturated rings. The van der Waals surface area contributed by atoms with E-state index in [2.05, 4.69) is 32.6 Å². The summed E-state index contributed by atoms with van der Waals surface area (Å²) in [6.07, 6.45) is 0. The Morgan fingerprint density at radius 1 is 1.05 bits per heavy atom. The molecular formula is C33H24BrClN4O2S2. The largest absolute Gasteiger partial charge is 0.366 e. The van der Waals surface area contributed by atoms with Crippen LogP contribution in [0, 0.1) is 11.3 Å². The normalized spacial score (nSPS) is 20.0. The number of aromatic nitrogens is 1. The smallest absolute Gasteiger partial charge is 0.234 e. The van der Waals surface area contributed by atoms with Gasteiger partial charge in [0.2, 0.25) is 5.91 Å². The number of nitrogens with one attached hydrogen (secondary N) is 2.